The zero-order valence-corrected chi connectivity index (χ0v) is 18.6. The molecular weight excluding hydrogens is 396 g/mol. The summed E-state index contributed by atoms with van der Waals surface area (Å²) < 4.78 is 5.38. The van der Waals surface area contributed by atoms with E-state index < -0.39 is 0 Å². The number of fused-ring (bicyclic) bond motifs is 1. The molecule has 0 radical (unpaired) electrons. The first-order valence-corrected chi connectivity index (χ1v) is 11.5. The van der Waals surface area contributed by atoms with Crippen LogP contribution in [-0.4, -0.2) is 73.2 Å². The average Bonchev–Trinajstić information content (AvgIpc) is 3.21. The molecule has 1 atom stereocenters. The van der Waals surface area contributed by atoms with Crippen molar-refractivity contribution < 1.29 is 19.5 Å². The summed E-state index contributed by atoms with van der Waals surface area (Å²) in [6.07, 6.45) is 5.46. The van der Waals surface area contributed by atoms with Gasteiger partial charge in [-0.3, -0.25) is 19.7 Å². The minimum atomic E-state index is -0.345. The molecule has 1 saturated heterocycles. The normalized spacial score (nSPS) is 18.4. The van der Waals surface area contributed by atoms with Crippen molar-refractivity contribution in [3.05, 3.63) is 23.8 Å². The van der Waals surface area contributed by atoms with Crippen molar-refractivity contribution in [2.45, 2.75) is 50.9 Å². The van der Waals surface area contributed by atoms with Crippen molar-refractivity contribution in [1.29, 1.82) is 0 Å². The number of piperazine rings is 1. The first-order chi connectivity index (χ1) is 15.1. The van der Waals surface area contributed by atoms with Crippen LogP contribution in [0.1, 0.15) is 56.4 Å². The Hall–Kier alpha value is -2.32. The third-order valence-corrected chi connectivity index (χ3v) is 6.43. The number of methoxy groups -OCH3 is 1. The van der Waals surface area contributed by atoms with E-state index >= 15 is 0 Å². The van der Waals surface area contributed by atoms with Gasteiger partial charge in [-0.05, 0) is 49.6 Å². The molecule has 3 N–H and O–H groups in total. The number of amides is 2. The number of hydrogen-bond acceptors (Lipinski definition) is 6. The van der Waals surface area contributed by atoms with Gasteiger partial charge >= 0.3 is 0 Å². The van der Waals surface area contributed by atoms with E-state index in [2.05, 4.69) is 22.3 Å². The van der Waals surface area contributed by atoms with E-state index in [-0.39, 0.29) is 11.8 Å². The molecule has 3 rings (SSSR count). The molecule has 8 heteroatoms. The lowest BCUT2D eigenvalue weighted by Gasteiger charge is -2.35. The van der Waals surface area contributed by atoms with Crippen molar-refractivity contribution in [3.63, 3.8) is 0 Å². The van der Waals surface area contributed by atoms with Gasteiger partial charge < -0.3 is 15.0 Å². The summed E-state index contributed by atoms with van der Waals surface area (Å²) in [5, 5.41) is 12.0. The lowest BCUT2D eigenvalue weighted by Crippen LogP contribution is -2.49. The van der Waals surface area contributed by atoms with Crippen LogP contribution in [0.15, 0.2) is 18.2 Å². The summed E-state index contributed by atoms with van der Waals surface area (Å²) in [7, 11) is 1.71. The molecule has 8 nitrogen and oxygen atoms in total. The van der Waals surface area contributed by atoms with Gasteiger partial charge in [-0.2, -0.15) is 0 Å². The number of carbonyl (C=O) groups is 2. The molecule has 0 saturated carbocycles. The fraction of sp³-hybridized carbons (Fsp3) is 0.652. The standard InChI is InChI=1S/C23H36N4O4/c1-31-19-8-9-21-20(16-19)18(17-24-21)10-11-26-12-14-27(15-13-26)23(29)7-5-3-2-4-6-22(28)25-30/h8-9,16,18,24,30H,2-7,10-15,17H2,1H3,(H,25,28). The zero-order valence-electron chi connectivity index (χ0n) is 18.6. The van der Waals surface area contributed by atoms with Gasteiger partial charge in [0, 0.05) is 57.2 Å². The maximum Gasteiger partial charge on any atom is 0.243 e. The molecular formula is C23H36N4O4. The molecule has 1 fully saturated rings. The van der Waals surface area contributed by atoms with Crippen LogP contribution in [0, 0.1) is 0 Å². The van der Waals surface area contributed by atoms with Gasteiger partial charge in [0.25, 0.3) is 0 Å². The van der Waals surface area contributed by atoms with E-state index in [9.17, 15) is 9.59 Å². The number of anilines is 1. The van der Waals surface area contributed by atoms with Gasteiger partial charge in [-0.25, -0.2) is 5.48 Å². The molecule has 2 aliphatic rings. The van der Waals surface area contributed by atoms with Crippen LogP contribution < -0.4 is 15.5 Å². The minimum Gasteiger partial charge on any atom is -0.497 e. The van der Waals surface area contributed by atoms with Crippen LogP contribution in [0.3, 0.4) is 0 Å². The number of hydroxylamine groups is 1. The molecule has 0 aliphatic carbocycles. The van der Waals surface area contributed by atoms with Crippen LogP contribution in [0.2, 0.25) is 0 Å². The molecule has 0 aromatic heterocycles. The van der Waals surface area contributed by atoms with Crippen LogP contribution in [0.4, 0.5) is 5.69 Å². The quantitative estimate of drug-likeness (QED) is 0.283. The Morgan fingerprint density at radius 2 is 1.87 bits per heavy atom. The van der Waals surface area contributed by atoms with Crippen LogP contribution in [0.25, 0.3) is 0 Å². The molecule has 2 aliphatic heterocycles. The Morgan fingerprint density at radius 1 is 1.13 bits per heavy atom. The predicted octanol–water partition coefficient (Wildman–Crippen LogP) is 2.58. The van der Waals surface area contributed by atoms with E-state index in [4.69, 9.17) is 9.94 Å². The fourth-order valence-corrected chi connectivity index (χ4v) is 4.46. The van der Waals surface area contributed by atoms with Gasteiger partial charge in [0.15, 0.2) is 0 Å². The van der Waals surface area contributed by atoms with Crippen molar-refractivity contribution in [1.82, 2.24) is 15.3 Å². The minimum absolute atomic E-state index is 0.244. The van der Waals surface area contributed by atoms with Gasteiger partial charge in [-0.15, -0.1) is 0 Å². The molecule has 1 unspecified atom stereocenters. The number of hydrogen-bond donors (Lipinski definition) is 3. The van der Waals surface area contributed by atoms with Crippen molar-refractivity contribution >= 4 is 17.5 Å². The summed E-state index contributed by atoms with van der Waals surface area (Å²) in [4.78, 5) is 27.9. The zero-order chi connectivity index (χ0) is 22.1. The molecule has 0 spiro atoms. The highest BCUT2D eigenvalue weighted by Gasteiger charge is 2.25. The highest BCUT2D eigenvalue weighted by Crippen LogP contribution is 2.36. The highest BCUT2D eigenvalue weighted by atomic mass is 16.5. The third-order valence-electron chi connectivity index (χ3n) is 6.43. The number of rotatable bonds is 11. The summed E-state index contributed by atoms with van der Waals surface area (Å²) in [6, 6.07) is 6.25. The Bertz CT molecular complexity index is 734. The van der Waals surface area contributed by atoms with Gasteiger partial charge in [0.1, 0.15) is 5.75 Å². The molecule has 172 valence electrons. The van der Waals surface area contributed by atoms with Crippen LogP contribution in [-0.2, 0) is 9.59 Å². The van der Waals surface area contributed by atoms with E-state index in [0.717, 1.165) is 77.1 Å². The second-order valence-corrected chi connectivity index (χ2v) is 8.49. The van der Waals surface area contributed by atoms with Crippen LogP contribution >= 0.6 is 0 Å². The van der Waals surface area contributed by atoms with Crippen LogP contribution in [0.5, 0.6) is 5.75 Å². The Kier molecular flexibility index (Phi) is 8.97. The van der Waals surface area contributed by atoms with Gasteiger partial charge in [0.2, 0.25) is 11.8 Å². The first kappa shape index (κ1) is 23.3. The largest absolute Gasteiger partial charge is 0.497 e. The van der Waals surface area contributed by atoms with Gasteiger partial charge in [-0.1, -0.05) is 12.8 Å². The second kappa shape index (κ2) is 11.9. The molecule has 2 amide bonds. The van der Waals surface area contributed by atoms with Gasteiger partial charge in [0.05, 0.1) is 7.11 Å². The lowest BCUT2D eigenvalue weighted by molar-refractivity contribution is -0.133. The number of nitrogens with zero attached hydrogens (tertiary/aromatic N) is 2. The Balaban J connectivity index is 1.30. The SMILES string of the molecule is COc1ccc2c(c1)C(CCN1CCN(C(=O)CCCCCCC(=O)NO)CC1)CN2. The molecule has 1 aromatic carbocycles. The summed E-state index contributed by atoms with van der Waals surface area (Å²) >= 11 is 0. The Labute approximate surface area is 184 Å². The maximum absolute atomic E-state index is 12.4. The van der Waals surface area contributed by atoms with E-state index in [1.54, 1.807) is 12.6 Å². The van der Waals surface area contributed by atoms with Crippen molar-refractivity contribution in [2.75, 3.05) is 51.7 Å². The first-order valence-electron chi connectivity index (χ1n) is 11.5. The van der Waals surface area contributed by atoms with E-state index in [1.807, 2.05) is 11.0 Å². The highest BCUT2D eigenvalue weighted by molar-refractivity contribution is 5.76. The number of carbonyl (C=O) groups excluding carboxylic acids is 2. The monoisotopic (exact) mass is 432 g/mol. The van der Waals surface area contributed by atoms with Crippen molar-refractivity contribution in [2.24, 2.45) is 0 Å². The number of nitrogens with one attached hydrogen (secondary N) is 2. The van der Waals surface area contributed by atoms with E-state index in [1.165, 1.54) is 11.3 Å². The van der Waals surface area contributed by atoms with Crippen molar-refractivity contribution in [3.8, 4) is 5.75 Å². The summed E-state index contributed by atoms with van der Waals surface area (Å²) in [5.41, 5.74) is 4.21. The maximum atomic E-state index is 12.4. The summed E-state index contributed by atoms with van der Waals surface area (Å²) in [5.74, 6) is 1.32. The fourth-order valence-electron chi connectivity index (χ4n) is 4.46. The lowest BCUT2D eigenvalue weighted by atomic mass is 9.97. The number of unbranched alkanes of at least 4 members (excludes halogenated alkanes) is 3. The average molecular weight is 433 g/mol. The smallest absolute Gasteiger partial charge is 0.243 e. The molecule has 1 aromatic rings. The third kappa shape index (κ3) is 6.83. The van der Waals surface area contributed by atoms with E-state index in [0.29, 0.717) is 18.8 Å². The molecule has 0 bridgehead atoms. The molecule has 2 heterocycles. The predicted molar refractivity (Wildman–Crippen MR) is 119 cm³/mol. The molecule has 31 heavy (non-hydrogen) atoms. The number of benzene rings is 1. The Morgan fingerprint density at radius 3 is 2.58 bits per heavy atom. The topological polar surface area (TPSA) is 94.1 Å². The summed E-state index contributed by atoms with van der Waals surface area (Å²) in [6.45, 7) is 5.52. The number of ether oxygens (including phenoxy) is 1. The second-order valence-electron chi connectivity index (χ2n) is 8.49.